The summed E-state index contributed by atoms with van der Waals surface area (Å²) >= 11 is 0. The van der Waals surface area contributed by atoms with Crippen LogP contribution in [0.1, 0.15) is 26.7 Å². The second-order valence-electron chi connectivity index (χ2n) is 4.69. The number of nitrogens with one attached hydrogen (secondary N) is 1. The van der Waals surface area contributed by atoms with E-state index in [1.807, 2.05) is 24.3 Å². The van der Waals surface area contributed by atoms with Crippen molar-refractivity contribution in [3.05, 3.63) is 24.3 Å². The summed E-state index contributed by atoms with van der Waals surface area (Å²) in [4.78, 5) is 0. The highest BCUT2D eigenvalue weighted by molar-refractivity contribution is 5.39. The summed E-state index contributed by atoms with van der Waals surface area (Å²) in [5.74, 6) is 1.58. The van der Waals surface area contributed by atoms with E-state index in [4.69, 9.17) is 14.2 Å². The number of benzene rings is 1. The molecule has 0 bridgehead atoms. The van der Waals surface area contributed by atoms with E-state index in [9.17, 15) is 0 Å². The van der Waals surface area contributed by atoms with Crippen LogP contribution in [0, 0.1) is 0 Å². The second-order valence-corrected chi connectivity index (χ2v) is 4.69. The van der Waals surface area contributed by atoms with Gasteiger partial charge in [-0.25, -0.2) is 0 Å². The van der Waals surface area contributed by atoms with Crippen molar-refractivity contribution in [2.24, 2.45) is 0 Å². The maximum absolute atomic E-state index is 6.02. The van der Waals surface area contributed by atoms with E-state index in [-0.39, 0.29) is 6.10 Å². The van der Waals surface area contributed by atoms with Gasteiger partial charge >= 0.3 is 0 Å². The largest absolute Gasteiger partial charge is 0.490 e. The van der Waals surface area contributed by atoms with E-state index in [0.29, 0.717) is 13.2 Å². The Labute approximate surface area is 122 Å². The third-order valence-electron chi connectivity index (χ3n) is 2.76. The molecule has 4 heteroatoms. The molecule has 20 heavy (non-hydrogen) atoms. The van der Waals surface area contributed by atoms with Gasteiger partial charge < -0.3 is 19.5 Å². The van der Waals surface area contributed by atoms with Gasteiger partial charge in [-0.2, -0.15) is 0 Å². The first-order valence-electron chi connectivity index (χ1n) is 7.39. The van der Waals surface area contributed by atoms with Gasteiger partial charge in [-0.3, -0.25) is 0 Å². The fourth-order valence-corrected chi connectivity index (χ4v) is 1.82. The van der Waals surface area contributed by atoms with E-state index in [0.717, 1.165) is 37.4 Å². The molecule has 114 valence electrons. The first kappa shape index (κ1) is 16.8. The van der Waals surface area contributed by atoms with Crippen LogP contribution in [0.5, 0.6) is 11.5 Å². The first-order chi connectivity index (χ1) is 9.81. The van der Waals surface area contributed by atoms with Gasteiger partial charge in [-0.05, 0) is 31.5 Å². The summed E-state index contributed by atoms with van der Waals surface area (Å²) in [6.45, 7) is 7.24. The van der Waals surface area contributed by atoms with Gasteiger partial charge in [0.2, 0.25) is 0 Å². The van der Waals surface area contributed by atoms with Gasteiger partial charge in [-0.1, -0.05) is 26.0 Å². The molecule has 0 aliphatic carbocycles. The van der Waals surface area contributed by atoms with Gasteiger partial charge in [0.15, 0.2) is 11.5 Å². The van der Waals surface area contributed by atoms with E-state index < -0.39 is 0 Å². The number of ether oxygens (including phenoxy) is 3. The Balaban J connectivity index is 2.61. The van der Waals surface area contributed by atoms with Crippen molar-refractivity contribution < 1.29 is 14.2 Å². The zero-order valence-corrected chi connectivity index (χ0v) is 12.9. The predicted molar refractivity (Wildman–Crippen MR) is 81.7 cm³/mol. The Hall–Kier alpha value is -1.26. The molecule has 0 spiro atoms. The lowest BCUT2D eigenvalue weighted by Crippen LogP contribution is -2.35. The minimum Gasteiger partial charge on any atom is -0.490 e. The lowest BCUT2D eigenvalue weighted by Gasteiger charge is -2.20. The molecule has 0 saturated heterocycles. The SMILES string of the molecule is CCCNCC(COC)Oc1ccccc1OCCC. The second kappa shape index (κ2) is 10.5. The molecule has 1 N–H and O–H groups in total. The maximum Gasteiger partial charge on any atom is 0.161 e. The molecule has 0 saturated carbocycles. The minimum absolute atomic E-state index is 0.0158. The fraction of sp³-hybridized carbons (Fsp3) is 0.625. The Morgan fingerprint density at radius 2 is 1.85 bits per heavy atom. The minimum atomic E-state index is -0.0158. The van der Waals surface area contributed by atoms with Gasteiger partial charge in [0.25, 0.3) is 0 Å². The zero-order valence-electron chi connectivity index (χ0n) is 12.9. The molecule has 0 aliphatic heterocycles. The van der Waals surface area contributed by atoms with Crippen LogP contribution < -0.4 is 14.8 Å². The van der Waals surface area contributed by atoms with Gasteiger partial charge in [-0.15, -0.1) is 0 Å². The lowest BCUT2D eigenvalue weighted by atomic mass is 10.3. The molecule has 1 aromatic rings. The van der Waals surface area contributed by atoms with Crippen LogP contribution in [0.25, 0.3) is 0 Å². The summed E-state index contributed by atoms with van der Waals surface area (Å²) in [5.41, 5.74) is 0. The van der Waals surface area contributed by atoms with Crippen molar-refractivity contribution in [3.63, 3.8) is 0 Å². The standard InChI is InChI=1S/C16H27NO3/c1-4-10-17-12-14(13-18-3)20-16-9-7-6-8-15(16)19-11-5-2/h6-9,14,17H,4-5,10-13H2,1-3H3. The molecule has 0 aromatic heterocycles. The molecule has 0 heterocycles. The Bertz CT molecular complexity index is 357. The molecule has 1 unspecified atom stereocenters. The average molecular weight is 281 g/mol. The van der Waals surface area contributed by atoms with E-state index >= 15 is 0 Å². The Morgan fingerprint density at radius 1 is 1.10 bits per heavy atom. The number of para-hydroxylation sites is 2. The van der Waals surface area contributed by atoms with E-state index in [1.54, 1.807) is 7.11 Å². The topological polar surface area (TPSA) is 39.7 Å². The van der Waals surface area contributed by atoms with Gasteiger partial charge in [0.05, 0.1) is 13.2 Å². The molecule has 0 radical (unpaired) electrons. The Morgan fingerprint density at radius 3 is 2.50 bits per heavy atom. The van der Waals surface area contributed by atoms with E-state index in [1.165, 1.54) is 0 Å². The highest BCUT2D eigenvalue weighted by Gasteiger charge is 2.13. The molecular weight excluding hydrogens is 254 g/mol. The third kappa shape index (κ3) is 6.26. The van der Waals surface area contributed by atoms with E-state index in [2.05, 4.69) is 19.2 Å². The van der Waals surface area contributed by atoms with Crippen molar-refractivity contribution >= 4 is 0 Å². The summed E-state index contributed by atoms with van der Waals surface area (Å²) in [6.07, 6.45) is 2.07. The lowest BCUT2D eigenvalue weighted by molar-refractivity contribution is 0.0781. The predicted octanol–water partition coefficient (Wildman–Crippen LogP) is 2.87. The quantitative estimate of drug-likeness (QED) is 0.633. The molecule has 0 aliphatic rings. The first-order valence-corrected chi connectivity index (χ1v) is 7.39. The van der Waals surface area contributed by atoms with Crippen LogP contribution in [0.3, 0.4) is 0 Å². The van der Waals surface area contributed by atoms with Crippen LogP contribution in [0.2, 0.25) is 0 Å². The van der Waals surface area contributed by atoms with Crippen LogP contribution in [0.15, 0.2) is 24.3 Å². The van der Waals surface area contributed by atoms with Crippen LogP contribution in [-0.4, -0.2) is 39.5 Å². The molecular formula is C16H27NO3. The summed E-state index contributed by atoms with van der Waals surface area (Å²) in [6, 6.07) is 7.79. The van der Waals surface area contributed by atoms with Crippen molar-refractivity contribution in [2.75, 3.05) is 33.4 Å². The van der Waals surface area contributed by atoms with Gasteiger partial charge in [0, 0.05) is 13.7 Å². The molecule has 1 aromatic carbocycles. The number of hydrogen-bond donors (Lipinski definition) is 1. The molecule has 1 rings (SSSR count). The van der Waals surface area contributed by atoms with Crippen molar-refractivity contribution in [2.45, 2.75) is 32.8 Å². The average Bonchev–Trinajstić information content (AvgIpc) is 2.47. The summed E-state index contributed by atoms with van der Waals surface area (Å²) in [7, 11) is 1.69. The molecule has 0 amide bonds. The number of rotatable bonds is 11. The molecule has 4 nitrogen and oxygen atoms in total. The van der Waals surface area contributed by atoms with Crippen LogP contribution in [0.4, 0.5) is 0 Å². The number of methoxy groups -OCH3 is 1. The van der Waals surface area contributed by atoms with Crippen LogP contribution in [-0.2, 0) is 4.74 Å². The fourth-order valence-electron chi connectivity index (χ4n) is 1.82. The number of hydrogen-bond acceptors (Lipinski definition) is 4. The highest BCUT2D eigenvalue weighted by Crippen LogP contribution is 2.27. The monoisotopic (exact) mass is 281 g/mol. The summed E-state index contributed by atoms with van der Waals surface area (Å²) < 4.78 is 16.9. The smallest absolute Gasteiger partial charge is 0.161 e. The Kier molecular flexibility index (Phi) is 8.83. The maximum atomic E-state index is 6.02. The van der Waals surface area contributed by atoms with Crippen LogP contribution >= 0.6 is 0 Å². The normalized spacial score (nSPS) is 12.2. The highest BCUT2D eigenvalue weighted by atomic mass is 16.5. The van der Waals surface area contributed by atoms with Gasteiger partial charge in [0.1, 0.15) is 6.10 Å². The zero-order chi connectivity index (χ0) is 14.6. The summed E-state index contributed by atoms with van der Waals surface area (Å²) in [5, 5.41) is 3.36. The molecule has 1 atom stereocenters. The van der Waals surface area contributed by atoms with Crippen molar-refractivity contribution in [3.8, 4) is 11.5 Å². The molecule has 0 fully saturated rings. The third-order valence-corrected chi connectivity index (χ3v) is 2.76. The van der Waals surface area contributed by atoms with Crippen molar-refractivity contribution in [1.29, 1.82) is 0 Å². The van der Waals surface area contributed by atoms with Crippen molar-refractivity contribution in [1.82, 2.24) is 5.32 Å².